The van der Waals surface area contributed by atoms with E-state index in [9.17, 15) is 4.79 Å². The summed E-state index contributed by atoms with van der Waals surface area (Å²) in [7, 11) is 0. The fraction of sp³-hybridized carbons (Fsp3) is 0.714. The first-order chi connectivity index (χ1) is 9.08. The van der Waals surface area contributed by atoms with Gasteiger partial charge in [0.15, 0.2) is 0 Å². The molecule has 2 heterocycles. The number of likely N-dealkylation sites (tertiary alicyclic amines) is 1. The molecule has 0 bridgehead atoms. The van der Waals surface area contributed by atoms with E-state index in [1.807, 2.05) is 0 Å². The molecule has 1 aliphatic rings. The summed E-state index contributed by atoms with van der Waals surface area (Å²) in [6, 6.07) is 2.06. The molecule has 0 aliphatic carbocycles. The quantitative estimate of drug-likeness (QED) is 0.882. The molecule has 1 N–H and O–H groups in total. The molecule has 0 spiro atoms. The first-order valence-electron chi connectivity index (χ1n) is 7.03. The van der Waals surface area contributed by atoms with E-state index in [4.69, 9.17) is 4.52 Å². The Bertz CT molecular complexity index is 422. The van der Waals surface area contributed by atoms with Gasteiger partial charge < -0.3 is 9.84 Å². The van der Waals surface area contributed by atoms with E-state index in [-0.39, 0.29) is 5.91 Å². The van der Waals surface area contributed by atoms with Crippen LogP contribution in [0, 0.1) is 12.8 Å². The van der Waals surface area contributed by atoms with Gasteiger partial charge in [0.2, 0.25) is 5.76 Å². The average molecular weight is 265 g/mol. The van der Waals surface area contributed by atoms with Crippen LogP contribution in [0.3, 0.4) is 0 Å². The molecule has 0 radical (unpaired) electrons. The second kappa shape index (κ2) is 6.19. The van der Waals surface area contributed by atoms with Gasteiger partial charge in [0, 0.05) is 18.7 Å². The Morgan fingerprint density at radius 2 is 2.16 bits per heavy atom. The maximum absolute atomic E-state index is 11.9. The van der Waals surface area contributed by atoms with Gasteiger partial charge in [0.25, 0.3) is 5.91 Å². The minimum Gasteiger partial charge on any atom is -0.351 e. The van der Waals surface area contributed by atoms with Crippen LogP contribution in [0.2, 0.25) is 0 Å². The summed E-state index contributed by atoms with van der Waals surface area (Å²) >= 11 is 0. The SMILES string of the molecule is Cc1cc(C(=O)NCC(C(C)C)N2CCCC2)on1. The van der Waals surface area contributed by atoms with Gasteiger partial charge in [-0.1, -0.05) is 19.0 Å². The Labute approximate surface area is 114 Å². The minimum atomic E-state index is -0.176. The summed E-state index contributed by atoms with van der Waals surface area (Å²) in [6.07, 6.45) is 2.52. The molecule has 0 aromatic carbocycles. The number of nitrogens with zero attached hydrogens (tertiary/aromatic N) is 2. The standard InChI is InChI=1S/C14H23N3O2/c1-10(2)12(17-6-4-5-7-17)9-15-14(18)13-8-11(3)16-19-13/h8,10,12H,4-7,9H2,1-3H3,(H,15,18). The van der Waals surface area contributed by atoms with Crippen molar-refractivity contribution in [1.82, 2.24) is 15.4 Å². The number of aromatic nitrogens is 1. The summed E-state index contributed by atoms with van der Waals surface area (Å²) in [5.74, 6) is 0.640. The zero-order valence-corrected chi connectivity index (χ0v) is 12.0. The lowest BCUT2D eigenvalue weighted by atomic mass is 10.0. The Morgan fingerprint density at radius 1 is 1.47 bits per heavy atom. The highest BCUT2D eigenvalue weighted by Crippen LogP contribution is 2.17. The molecule has 1 atom stereocenters. The van der Waals surface area contributed by atoms with Crippen molar-refractivity contribution in [2.75, 3.05) is 19.6 Å². The predicted octanol–water partition coefficient (Wildman–Crippen LogP) is 1.83. The van der Waals surface area contributed by atoms with Gasteiger partial charge in [-0.2, -0.15) is 0 Å². The fourth-order valence-corrected chi connectivity index (χ4v) is 2.61. The van der Waals surface area contributed by atoms with Crippen molar-refractivity contribution in [3.8, 4) is 0 Å². The molecule has 5 heteroatoms. The monoisotopic (exact) mass is 265 g/mol. The molecule has 0 saturated carbocycles. The molecule has 1 saturated heterocycles. The van der Waals surface area contributed by atoms with Gasteiger partial charge in [0.05, 0.1) is 5.69 Å². The highest BCUT2D eigenvalue weighted by Gasteiger charge is 2.25. The summed E-state index contributed by atoms with van der Waals surface area (Å²) in [5, 5.41) is 6.69. The number of hydrogen-bond donors (Lipinski definition) is 1. The van der Waals surface area contributed by atoms with Crippen molar-refractivity contribution in [1.29, 1.82) is 0 Å². The molecule has 1 aliphatic heterocycles. The Kier molecular flexibility index (Phi) is 4.58. The number of hydrogen-bond acceptors (Lipinski definition) is 4. The normalized spacial score (nSPS) is 17.9. The molecular formula is C14H23N3O2. The van der Waals surface area contributed by atoms with Crippen LogP contribution in [0.25, 0.3) is 0 Å². The lowest BCUT2D eigenvalue weighted by Gasteiger charge is -2.30. The lowest BCUT2D eigenvalue weighted by molar-refractivity contribution is 0.0890. The molecule has 1 aromatic heterocycles. The van der Waals surface area contributed by atoms with Crippen molar-refractivity contribution >= 4 is 5.91 Å². The zero-order valence-electron chi connectivity index (χ0n) is 12.0. The van der Waals surface area contributed by atoms with E-state index in [2.05, 4.69) is 29.2 Å². The molecule has 1 amide bonds. The zero-order chi connectivity index (χ0) is 13.8. The Morgan fingerprint density at radius 3 is 2.68 bits per heavy atom. The minimum absolute atomic E-state index is 0.176. The van der Waals surface area contributed by atoms with Gasteiger partial charge in [-0.25, -0.2) is 0 Å². The number of amides is 1. The van der Waals surface area contributed by atoms with Crippen molar-refractivity contribution in [3.63, 3.8) is 0 Å². The third-order valence-corrected chi connectivity index (χ3v) is 3.70. The highest BCUT2D eigenvalue weighted by atomic mass is 16.5. The van der Waals surface area contributed by atoms with Crippen LogP contribution in [0.15, 0.2) is 10.6 Å². The van der Waals surface area contributed by atoms with Crippen molar-refractivity contribution in [2.24, 2.45) is 5.92 Å². The van der Waals surface area contributed by atoms with E-state index in [1.54, 1.807) is 13.0 Å². The van der Waals surface area contributed by atoms with Crippen molar-refractivity contribution in [2.45, 2.75) is 39.7 Å². The largest absolute Gasteiger partial charge is 0.351 e. The van der Waals surface area contributed by atoms with Crippen LogP contribution in [-0.4, -0.2) is 41.6 Å². The summed E-state index contributed by atoms with van der Waals surface area (Å²) in [4.78, 5) is 14.4. The van der Waals surface area contributed by atoms with E-state index >= 15 is 0 Å². The second-order valence-electron chi connectivity index (χ2n) is 5.60. The number of carbonyl (C=O) groups excluding carboxylic acids is 1. The molecule has 1 unspecified atom stereocenters. The molecule has 1 fully saturated rings. The maximum atomic E-state index is 11.9. The topological polar surface area (TPSA) is 58.4 Å². The maximum Gasteiger partial charge on any atom is 0.289 e. The van der Waals surface area contributed by atoms with Crippen LogP contribution in [0.1, 0.15) is 42.9 Å². The van der Waals surface area contributed by atoms with Crippen LogP contribution in [0.4, 0.5) is 0 Å². The molecule has 106 valence electrons. The lowest BCUT2D eigenvalue weighted by Crippen LogP contribution is -2.45. The van der Waals surface area contributed by atoms with Gasteiger partial charge in [-0.15, -0.1) is 0 Å². The van der Waals surface area contributed by atoms with Crippen LogP contribution < -0.4 is 5.32 Å². The molecule has 5 nitrogen and oxygen atoms in total. The summed E-state index contributed by atoms with van der Waals surface area (Å²) in [5.41, 5.74) is 0.727. The van der Waals surface area contributed by atoms with E-state index in [1.165, 1.54) is 12.8 Å². The molecule has 19 heavy (non-hydrogen) atoms. The van der Waals surface area contributed by atoms with Crippen LogP contribution in [-0.2, 0) is 0 Å². The number of aryl methyl sites for hydroxylation is 1. The number of carbonyl (C=O) groups is 1. The molecule has 1 aromatic rings. The number of rotatable bonds is 5. The van der Waals surface area contributed by atoms with Gasteiger partial charge >= 0.3 is 0 Å². The van der Waals surface area contributed by atoms with E-state index in [0.717, 1.165) is 18.8 Å². The second-order valence-corrected chi connectivity index (χ2v) is 5.60. The third-order valence-electron chi connectivity index (χ3n) is 3.70. The van der Waals surface area contributed by atoms with Crippen LogP contribution >= 0.6 is 0 Å². The van der Waals surface area contributed by atoms with Gasteiger partial charge in [-0.3, -0.25) is 9.69 Å². The Hall–Kier alpha value is -1.36. The highest BCUT2D eigenvalue weighted by molar-refractivity contribution is 5.91. The van der Waals surface area contributed by atoms with Gasteiger partial charge in [-0.05, 0) is 38.8 Å². The van der Waals surface area contributed by atoms with Crippen LogP contribution in [0.5, 0.6) is 0 Å². The van der Waals surface area contributed by atoms with Crippen molar-refractivity contribution in [3.05, 3.63) is 17.5 Å². The fourth-order valence-electron chi connectivity index (χ4n) is 2.61. The smallest absolute Gasteiger partial charge is 0.289 e. The first-order valence-corrected chi connectivity index (χ1v) is 7.03. The Balaban J connectivity index is 1.89. The van der Waals surface area contributed by atoms with E-state index < -0.39 is 0 Å². The summed E-state index contributed by atoms with van der Waals surface area (Å²) in [6.45, 7) is 9.15. The number of nitrogens with one attached hydrogen (secondary N) is 1. The third kappa shape index (κ3) is 3.56. The first kappa shape index (κ1) is 14.1. The van der Waals surface area contributed by atoms with Gasteiger partial charge in [0.1, 0.15) is 0 Å². The molecular weight excluding hydrogens is 242 g/mol. The van der Waals surface area contributed by atoms with E-state index in [0.29, 0.717) is 24.3 Å². The molecule has 2 rings (SSSR count). The van der Waals surface area contributed by atoms with Crippen molar-refractivity contribution < 1.29 is 9.32 Å². The summed E-state index contributed by atoms with van der Waals surface area (Å²) < 4.78 is 4.97. The average Bonchev–Trinajstić information content (AvgIpc) is 3.00. The predicted molar refractivity (Wildman–Crippen MR) is 73.0 cm³/mol.